The Morgan fingerprint density at radius 3 is 2.58 bits per heavy atom. The van der Waals surface area contributed by atoms with E-state index in [1.54, 1.807) is 0 Å². The Hall–Kier alpha value is -2.00. The first-order valence-electron chi connectivity index (χ1n) is 8.57. The summed E-state index contributed by atoms with van der Waals surface area (Å²) in [6, 6.07) is 3.67. The number of sulfonamides is 1. The minimum Gasteiger partial charge on any atom is -0.342 e. The third-order valence-electron chi connectivity index (χ3n) is 4.70. The maximum Gasteiger partial charge on any atom is 0.246 e. The van der Waals surface area contributed by atoms with E-state index in [0.29, 0.717) is 6.42 Å². The number of amides is 2. The molecule has 0 saturated carbocycles. The van der Waals surface area contributed by atoms with Gasteiger partial charge in [-0.2, -0.15) is 4.31 Å². The molecule has 2 aliphatic heterocycles. The molecule has 1 aromatic rings. The third kappa shape index (κ3) is 3.33. The molecule has 2 heterocycles. The second-order valence-electron chi connectivity index (χ2n) is 7.03. The first-order valence-corrected chi connectivity index (χ1v) is 10.0. The summed E-state index contributed by atoms with van der Waals surface area (Å²) in [6.07, 6.45) is 0.533. The smallest absolute Gasteiger partial charge is 0.246 e. The van der Waals surface area contributed by atoms with Gasteiger partial charge in [-0.05, 0) is 24.5 Å². The number of rotatable bonds is 4. The van der Waals surface area contributed by atoms with Gasteiger partial charge in [-0.15, -0.1) is 0 Å². The lowest BCUT2D eigenvalue weighted by Gasteiger charge is -2.45. The molecule has 3 rings (SSSR count). The van der Waals surface area contributed by atoms with Gasteiger partial charge in [0.25, 0.3) is 0 Å². The van der Waals surface area contributed by atoms with Crippen molar-refractivity contribution in [2.24, 2.45) is 5.92 Å². The van der Waals surface area contributed by atoms with Gasteiger partial charge >= 0.3 is 0 Å². The molecule has 0 radical (unpaired) electrons. The first kappa shape index (κ1) is 18.8. The lowest BCUT2D eigenvalue weighted by atomic mass is 9.97. The molecule has 0 unspecified atom stereocenters. The van der Waals surface area contributed by atoms with Crippen LogP contribution < -0.4 is 5.32 Å². The van der Waals surface area contributed by atoms with E-state index in [1.165, 1.54) is 23.1 Å². The van der Waals surface area contributed by atoms with Crippen molar-refractivity contribution in [3.05, 3.63) is 30.1 Å². The molecule has 1 aromatic carbocycles. The van der Waals surface area contributed by atoms with Crippen molar-refractivity contribution < 1.29 is 22.4 Å². The lowest BCUT2D eigenvalue weighted by molar-refractivity contribution is -0.152. The van der Waals surface area contributed by atoms with Crippen LogP contribution in [0.5, 0.6) is 0 Å². The summed E-state index contributed by atoms with van der Waals surface area (Å²) in [5.74, 6) is -1.16. The molecule has 0 aromatic heterocycles. The van der Waals surface area contributed by atoms with Gasteiger partial charge < -0.3 is 10.2 Å². The number of carbonyl (C=O) groups excluding carboxylic acids is 2. The molecule has 7 nitrogen and oxygen atoms in total. The van der Waals surface area contributed by atoms with Gasteiger partial charge in [0.15, 0.2) is 0 Å². The quantitative estimate of drug-likeness (QED) is 0.824. The van der Waals surface area contributed by atoms with Gasteiger partial charge in [0.2, 0.25) is 21.8 Å². The van der Waals surface area contributed by atoms with E-state index in [0.717, 1.165) is 10.4 Å². The number of piperazine rings is 2. The van der Waals surface area contributed by atoms with Crippen LogP contribution in [0.25, 0.3) is 0 Å². The molecule has 9 heteroatoms. The average molecular weight is 383 g/mol. The fraction of sp³-hybridized carbons (Fsp3) is 0.529. The predicted octanol–water partition coefficient (Wildman–Crippen LogP) is 0.572. The van der Waals surface area contributed by atoms with E-state index in [2.05, 4.69) is 5.32 Å². The molecule has 2 fully saturated rings. The van der Waals surface area contributed by atoms with Crippen molar-refractivity contribution in [1.82, 2.24) is 14.5 Å². The van der Waals surface area contributed by atoms with E-state index in [9.17, 15) is 22.4 Å². The number of hydrogen-bond acceptors (Lipinski definition) is 4. The molecule has 0 spiro atoms. The number of nitrogens with zero attached hydrogens (tertiary/aromatic N) is 2. The summed E-state index contributed by atoms with van der Waals surface area (Å²) >= 11 is 0. The number of hydrogen-bond donors (Lipinski definition) is 1. The Balaban J connectivity index is 1.81. The lowest BCUT2D eigenvalue weighted by Crippen LogP contribution is -2.69. The number of benzene rings is 1. The molecule has 26 heavy (non-hydrogen) atoms. The molecule has 1 N–H and O–H groups in total. The molecular formula is C17H22FN3O4S. The summed E-state index contributed by atoms with van der Waals surface area (Å²) in [5.41, 5.74) is 0. The van der Waals surface area contributed by atoms with Crippen LogP contribution in [0.4, 0.5) is 4.39 Å². The standard InChI is InChI=1S/C17H22FN3O4S/c1-11(2)9-13-17(23)21-8-7-20(10-14(21)16(22)19-13)26(24,25)15-6-4-3-5-12(15)18/h3-6,11,13-14H,7-10H2,1-2H3,(H,19,22)/t13-,14-/m1/s1. The zero-order valence-corrected chi connectivity index (χ0v) is 15.5. The van der Waals surface area contributed by atoms with E-state index in [4.69, 9.17) is 0 Å². The van der Waals surface area contributed by atoms with Crippen LogP contribution in [0.15, 0.2) is 29.2 Å². The fourth-order valence-corrected chi connectivity index (χ4v) is 4.92. The predicted molar refractivity (Wildman–Crippen MR) is 92.0 cm³/mol. The molecule has 2 atom stereocenters. The average Bonchev–Trinajstić information content (AvgIpc) is 2.59. The maximum atomic E-state index is 13.9. The monoisotopic (exact) mass is 383 g/mol. The highest BCUT2D eigenvalue weighted by Gasteiger charge is 2.46. The van der Waals surface area contributed by atoms with E-state index in [-0.39, 0.29) is 37.4 Å². The van der Waals surface area contributed by atoms with Gasteiger partial charge in [-0.1, -0.05) is 26.0 Å². The van der Waals surface area contributed by atoms with Crippen LogP contribution in [0.2, 0.25) is 0 Å². The second-order valence-corrected chi connectivity index (χ2v) is 8.94. The van der Waals surface area contributed by atoms with Gasteiger partial charge in [0.05, 0.1) is 0 Å². The Morgan fingerprint density at radius 2 is 1.92 bits per heavy atom. The third-order valence-corrected chi connectivity index (χ3v) is 6.60. The van der Waals surface area contributed by atoms with E-state index < -0.39 is 32.8 Å². The van der Waals surface area contributed by atoms with Gasteiger partial charge in [-0.3, -0.25) is 9.59 Å². The molecule has 0 aliphatic carbocycles. The highest BCUT2D eigenvalue weighted by Crippen LogP contribution is 2.25. The van der Waals surface area contributed by atoms with Gasteiger partial charge in [-0.25, -0.2) is 12.8 Å². The molecule has 0 bridgehead atoms. The van der Waals surface area contributed by atoms with Crippen LogP contribution in [0.1, 0.15) is 20.3 Å². The zero-order valence-electron chi connectivity index (χ0n) is 14.7. The Labute approximate surface area is 152 Å². The van der Waals surface area contributed by atoms with E-state index in [1.807, 2.05) is 13.8 Å². The minimum atomic E-state index is -4.08. The largest absolute Gasteiger partial charge is 0.342 e. The van der Waals surface area contributed by atoms with Crippen LogP contribution in [0, 0.1) is 11.7 Å². The summed E-state index contributed by atoms with van der Waals surface area (Å²) in [4.78, 5) is 26.1. The molecule has 142 valence electrons. The van der Waals surface area contributed by atoms with Gasteiger partial charge in [0.1, 0.15) is 22.8 Å². The number of nitrogens with one attached hydrogen (secondary N) is 1. The number of fused-ring (bicyclic) bond motifs is 1. The highest BCUT2D eigenvalue weighted by atomic mass is 32.2. The Kier molecular flexibility index (Phi) is 5.03. The Morgan fingerprint density at radius 1 is 1.23 bits per heavy atom. The van der Waals surface area contributed by atoms with Crippen LogP contribution in [0.3, 0.4) is 0 Å². The normalized spacial score (nSPS) is 24.5. The highest BCUT2D eigenvalue weighted by molar-refractivity contribution is 7.89. The van der Waals surface area contributed by atoms with Crippen LogP contribution in [-0.4, -0.2) is 61.2 Å². The topological polar surface area (TPSA) is 86.8 Å². The van der Waals surface area contributed by atoms with Crippen LogP contribution >= 0.6 is 0 Å². The molecule has 2 amide bonds. The van der Waals surface area contributed by atoms with Crippen molar-refractivity contribution in [1.29, 1.82) is 0 Å². The second kappa shape index (κ2) is 6.96. The van der Waals surface area contributed by atoms with Crippen LogP contribution in [-0.2, 0) is 19.6 Å². The van der Waals surface area contributed by atoms with Crippen molar-refractivity contribution >= 4 is 21.8 Å². The summed E-state index contributed by atoms with van der Waals surface area (Å²) < 4.78 is 40.5. The van der Waals surface area contributed by atoms with Crippen molar-refractivity contribution in [2.45, 2.75) is 37.2 Å². The van der Waals surface area contributed by atoms with Crippen molar-refractivity contribution in [3.8, 4) is 0 Å². The fourth-order valence-electron chi connectivity index (χ4n) is 3.42. The zero-order chi connectivity index (χ0) is 19.1. The summed E-state index contributed by atoms with van der Waals surface area (Å²) in [6.45, 7) is 3.89. The molecular weight excluding hydrogens is 361 g/mol. The van der Waals surface area contributed by atoms with Crippen molar-refractivity contribution in [3.63, 3.8) is 0 Å². The number of halogens is 1. The van der Waals surface area contributed by atoms with Crippen molar-refractivity contribution in [2.75, 3.05) is 19.6 Å². The SMILES string of the molecule is CC(C)C[C@H]1NC(=O)[C@H]2CN(S(=O)(=O)c3ccccc3F)CCN2C1=O. The molecule has 2 aliphatic rings. The first-order chi connectivity index (χ1) is 12.2. The molecule has 2 saturated heterocycles. The summed E-state index contributed by atoms with van der Waals surface area (Å²) in [7, 11) is -4.08. The van der Waals surface area contributed by atoms with E-state index >= 15 is 0 Å². The Bertz CT molecular complexity index is 827. The maximum absolute atomic E-state index is 13.9. The summed E-state index contributed by atoms with van der Waals surface area (Å²) in [5, 5.41) is 2.69. The minimum absolute atomic E-state index is 0.0284. The number of carbonyl (C=O) groups is 2. The van der Waals surface area contributed by atoms with Gasteiger partial charge in [0, 0.05) is 19.6 Å².